The summed E-state index contributed by atoms with van der Waals surface area (Å²) in [5.41, 5.74) is 0. The van der Waals surface area contributed by atoms with E-state index in [1.165, 1.54) is 0 Å². The lowest BCUT2D eigenvalue weighted by Gasteiger charge is -2.13. The molecule has 60 valence electrons. The van der Waals surface area contributed by atoms with Gasteiger partial charge in [0.25, 0.3) is 0 Å². The van der Waals surface area contributed by atoms with Crippen molar-refractivity contribution in [2.45, 2.75) is 0 Å². The molecule has 0 aliphatic heterocycles. The summed E-state index contributed by atoms with van der Waals surface area (Å²) in [6, 6.07) is 0. The average Bonchev–Trinajstić information content (AvgIpc) is 2.00. The molecule has 0 unspecified atom stereocenters. The van der Waals surface area contributed by atoms with Gasteiger partial charge in [-0.05, 0) is 0 Å². The van der Waals surface area contributed by atoms with Crippen LogP contribution in [-0.2, 0) is 0 Å². The van der Waals surface area contributed by atoms with Gasteiger partial charge in [0.2, 0.25) is 0 Å². The first-order valence-corrected chi connectivity index (χ1v) is 4.25. The molecule has 0 fully saturated rings. The van der Waals surface area contributed by atoms with E-state index in [0.29, 0.717) is 0 Å². The highest BCUT2D eigenvalue weighted by molar-refractivity contribution is 6.05. The third kappa shape index (κ3) is 2.18. The lowest BCUT2D eigenvalue weighted by molar-refractivity contribution is 0.754. The maximum absolute atomic E-state index is 3.14. The third-order valence-corrected chi connectivity index (χ3v) is 1.75. The molecule has 10 heavy (non-hydrogen) atoms. The molecule has 0 aliphatic carbocycles. The molecule has 0 rings (SSSR count). The Bertz CT molecular complexity index is 96.8. The van der Waals surface area contributed by atoms with Crippen LogP contribution >= 0.6 is 0 Å². The summed E-state index contributed by atoms with van der Waals surface area (Å²) >= 11 is 0. The maximum Gasteiger partial charge on any atom is 0.139 e. The molecule has 0 heterocycles. The second-order valence-electron chi connectivity index (χ2n) is 1.75. The smallest absolute Gasteiger partial charge is 0.139 e. The fourth-order valence-corrected chi connectivity index (χ4v) is 1.25. The van der Waals surface area contributed by atoms with Crippen LogP contribution in [0.3, 0.4) is 0 Å². The van der Waals surface area contributed by atoms with Gasteiger partial charge in [-0.25, -0.2) is 0 Å². The van der Waals surface area contributed by atoms with Gasteiger partial charge in [0.15, 0.2) is 0 Å². The van der Waals surface area contributed by atoms with E-state index in [2.05, 4.69) is 20.9 Å². The van der Waals surface area contributed by atoms with Crippen molar-refractivity contribution in [3.8, 4) is 0 Å². The molecule has 0 radical (unpaired) electrons. The van der Waals surface area contributed by atoms with E-state index >= 15 is 0 Å². The van der Waals surface area contributed by atoms with E-state index in [9.17, 15) is 0 Å². The van der Waals surface area contributed by atoms with Crippen molar-refractivity contribution in [1.29, 1.82) is 0 Å². The van der Waals surface area contributed by atoms with Gasteiger partial charge >= 0.3 is 0 Å². The topological polar surface area (TPSA) is 48.1 Å². The van der Waals surface area contributed by atoms with Crippen molar-refractivity contribution in [2.24, 2.45) is 0 Å². The molecular formula is C5H16N4Si. The van der Waals surface area contributed by atoms with Crippen LogP contribution in [-0.4, -0.2) is 31.5 Å². The van der Waals surface area contributed by atoms with E-state index < -0.39 is 0 Å². The Balaban J connectivity index is 4.20. The summed E-state index contributed by atoms with van der Waals surface area (Å²) < 4.78 is 0. The molecule has 0 aliphatic rings. The minimum absolute atomic E-state index is 0.938. The van der Waals surface area contributed by atoms with Crippen LogP contribution in [0.5, 0.6) is 0 Å². The zero-order valence-corrected chi connectivity index (χ0v) is 9.00. The summed E-state index contributed by atoms with van der Waals surface area (Å²) in [6.07, 6.45) is 0. The molecule has 0 bridgehead atoms. The summed E-state index contributed by atoms with van der Waals surface area (Å²) in [6.45, 7) is 0. The fourth-order valence-electron chi connectivity index (χ4n) is 0.750. The standard InChI is InChI=1S/C5H16N4Si/c1-6-4(7-2)5(8-3)9-10/h6-9H,1-3,10H3. The predicted molar refractivity (Wildman–Crippen MR) is 47.3 cm³/mol. The lowest BCUT2D eigenvalue weighted by Crippen LogP contribution is -2.32. The summed E-state index contributed by atoms with van der Waals surface area (Å²) in [4.78, 5) is 3.14. The molecule has 0 aromatic rings. The van der Waals surface area contributed by atoms with E-state index in [4.69, 9.17) is 0 Å². The Morgan fingerprint density at radius 2 is 1.30 bits per heavy atom. The fraction of sp³-hybridized carbons (Fsp3) is 0.600. The molecule has 0 saturated carbocycles. The van der Waals surface area contributed by atoms with Crippen LogP contribution in [0.25, 0.3) is 0 Å². The van der Waals surface area contributed by atoms with Crippen LogP contribution < -0.4 is 20.9 Å². The largest absolute Gasteiger partial charge is 0.403 e. The normalized spacial score (nSPS) is 8.30. The first-order valence-electron chi connectivity index (χ1n) is 3.25. The quantitative estimate of drug-likeness (QED) is 0.348. The average molecular weight is 160 g/mol. The third-order valence-electron chi connectivity index (χ3n) is 1.25. The molecule has 0 spiro atoms. The van der Waals surface area contributed by atoms with Crippen molar-refractivity contribution in [1.82, 2.24) is 20.9 Å². The number of rotatable bonds is 4. The molecular weight excluding hydrogens is 144 g/mol. The SMILES string of the molecule is CNC(NC)=C(NC)N[SiH3]. The molecule has 0 aromatic heterocycles. The Morgan fingerprint density at radius 1 is 0.900 bits per heavy atom. The van der Waals surface area contributed by atoms with Crippen molar-refractivity contribution in [3.63, 3.8) is 0 Å². The van der Waals surface area contributed by atoms with Crippen LogP contribution in [0.4, 0.5) is 0 Å². The highest BCUT2D eigenvalue weighted by atomic mass is 28.2. The molecule has 0 atom stereocenters. The van der Waals surface area contributed by atoms with Crippen molar-refractivity contribution < 1.29 is 0 Å². The van der Waals surface area contributed by atoms with E-state index in [1.54, 1.807) is 0 Å². The van der Waals surface area contributed by atoms with E-state index in [0.717, 1.165) is 22.0 Å². The van der Waals surface area contributed by atoms with Crippen molar-refractivity contribution in [2.75, 3.05) is 21.1 Å². The van der Waals surface area contributed by atoms with Crippen molar-refractivity contribution >= 4 is 10.4 Å². The maximum atomic E-state index is 3.14. The van der Waals surface area contributed by atoms with Crippen LogP contribution in [0.2, 0.25) is 0 Å². The molecule has 0 saturated heterocycles. The van der Waals surface area contributed by atoms with Gasteiger partial charge in [0.1, 0.15) is 22.0 Å². The summed E-state index contributed by atoms with van der Waals surface area (Å²) in [7, 11) is 6.58. The monoisotopic (exact) mass is 160 g/mol. The first-order chi connectivity index (χ1) is 4.79. The van der Waals surface area contributed by atoms with Gasteiger partial charge in [-0.1, -0.05) is 0 Å². The van der Waals surface area contributed by atoms with Gasteiger partial charge in [0, 0.05) is 21.1 Å². The van der Waals surface area contributed by atoms with Gasteiger partial charge in [-0.3, -0.25) is 0 Å². The Hall–Kier alpha value is -0.843. The number of nitrogens with one attached hydrogen (secondary N) is 4. The summed E-state index contributed by atoms with van der Waals surface area (Å²) in [5, 5.41) is 9.07. The molecule has 4 nitrogen and oxygen atoms in total. The Kier molecular flexibility index (Phi) is 4.56. The number of hydrogen-bond donors (Lipinski definition) is 4. The second-order valence-corrected chi connectivity index (χ2v) is 2.25. The first kappa shape index (κ1) is 9.16. The zero-order chi connectivity index (χ0) is 7.98. The molecule has 5 heteroatoms. The highest BCUT2D eigenvalue weighted by Gasteiger charge is 1.95. The number of hydrogen-bond acceptors (Lipinski definition) is 4. The minimum Gasteiger partial charge on any atom is -0.403 e. The van der Waals surface area contributed by atoms with E-state index in [1.807, 2.05) is 21.1 Å². The molecule has 4 N–H and O–H groups in total. The summed E-state index contributed by atoms with van der Waals surface area (Å²) in [5.74, 6) is 1.99. The Labute approximate surface area is 65.0 Å². The van der Waals surface area contributed by atoms with Gasteiger partial charge < -0.3 is 20.9 Å². The molecule has 0 amide bonds. The van der Waals surface area contributed by atoms with Gasteiger partial charge in [-0.2, -0.15) is 0 Å². The highest BCUT2D eigenvalue weighted by Crippen LogP contribution is 1.84. The molecule has 0 aromatic carbocycles. The predicted octanol–water partition coefficient (Wildman–Crippen LogP) is -2.36. The van der Waals surface area contributed by atoms with Crippen LogP contribution in [0.1, 0.15) is 0 Å². The second kappa shape index (κ2) is 4.98. The van der Waals surface area contributed by atoms with Crippen LogP contribution in [0, 0.1) is 0 Å². The minimum atomic E-state index is 0.938. The van der Waals surface area contributed by atoms with Gasteiger partial charge in [-0.15, -0.1) is 0 Å². The zero-order valence-electron chi connectivity index (χ0n) is 7.00. The van der Waals surface area contributed by atoms with Crippen LogP contribution in [0.15, 0.2) is 11.6 Å². The van der Waals surface area contributed by atoms with Crippen molar-refractivity contribution in [3.05, 3.63) is 11.6 Å². The van der Waals surface area contributed by atoms with E-state index in [-0.39, 0.29) is 0 Å². The van der Waals surface area contributed by atoms with Gasteiger partial charge in [0.05, 0.1) is 0 Å². The lowest BCUT2D eigenvalue weighted by atomic mass is 10.6. The Morgan fingerprint density at radius 3 is 1.40 bits per heavy atom.